The highest BCUT2D eigenvalue weighted by Gasteiger charge is 2.43. The molecule has 0 bridgehead atoms. The summed E-state index contributed by atoms with van der Waals surface area (Å²) in [4.78, 5) is 15.6. The second-order valence-corrected chi connectivity index (χ2v) is 8.80. The molecule has 3 aromatic rings. The first-order valence-electron chi connectivity index (χ1n) is 9.80. The Morgan fingerprint density at radius 3 is 2.69 bits per heavy atom. The molecule has 3 aromatic heterocycles. The second-order valence-electron chi connectivity index (χ2n) is 8.04. The lowest BCUT2D eigenvalue weighted by molar-refractivity contribution is 0.197. The van der Waals surface area contributed by atoms with Gasteiger partial charge in [0.2, 0.25) is 5.65 Å². The van der Waals surface area contributed by atoms with Crippen LogP contribution < -0.4 is 16.4 Å². The van der Waals surface area contributed by atoms with Gasteiger partial charge in [-0.15, -0.1) is 0 Å². The van der Waals surface area contributed by atoms with Crippen LogP contribution in [-0.4, -0.2) is 44.3 Å². The molecule has 1 atom stereocenters. The van der Waals surface area contributed by atoms with Gasteiger partial charge in [0, 0.05) is 24.7 Å². The van der Waals surface area contributed by atoms with Crippen molar-refractivity contribution in [3.63, 3.8) is 0 Å². The average Bonchev–Trinajstić information content (AvgIpc) is 3.29. The Balaban J connectivity index is 1.43. The summed E-state index contributed by atoms with van der Waals surface area (Å²) in [7, 11) is 0. The molecule has 10 heteroatoms. The van der Waals surface area contributed by atoms with Crippen molar-refractivity contribution in [3.05, 3.63) is 22.4 Å². The highest BCUT2D eigenvalue weighted by atomic mass is 35.5. The number of nitrogens with zero attached hydrogens (tertiary/aromatic N) is 5. The summed E-state index contributed by atoms with van der Waals surface area (Å²) >= 11 is 12.4. The molecule has 1 aliphatic heterocycles. The maximum Gasteiger partial charge on any atom is 0.202 e. The number of hydrogen-bond acceptors (Lipinski definition) is 7. The van der Waals surface area contributed by atoms with Crippen LogP contribution in [0.15, 0.2) is 12.3 Å². The Morgan fingerprint density at radius 2 is 1.97 bits per heavy atom. The van der Waals surface area contributed by atoms with Crippen LogP contribution in [0.1, 0.15) is 32.1 Å². The van der Waals surface area contributed by atoms with Gasteiger partial charge in [-0.25, -0.2) is 15.0 Å². The summed E-state index contributed by atoms with van der Waals surface area (Å²) < 4.78 is 0. The van der Waals surface area contributed by atoms with E-state index in [0.717, 1.165) is 38.2 Å². The van der Waals surface area contributed by atoms with Crippen LogP contribution in [-0.2, 0) is 0 Å². The summed E-state index contributed by atoms with van der Waals surface area (Å²) in [5.41, 5.74) is 14.9. The fraction of sp³-hybridized carbons (Fsp3) is 0.474. The van der Waals surface area contributed by atoms with Crippen LogP contribution in [0.3, 0.4) is 0 Å². The zero-order valence-electron chi connectivity index (χ0n) is 15.8. The van der Waals surface area contributed by atoms with Crippen molar-refractivity contribution in [1.82, 2.24) is 25.1 Å². The Labute approximate surface area is 178 Å². The molecular weight excluding hydrogens is 411 g/mol. The lowest BCUT2D eigenvalue weighted by Crippen LogP contribution is -2.47. The minimum atomic E-state index is 0.161. The van der Waals surface area contributed by atoms with Crippen molar-refractivity contribution >= 4 is 46.0 Å². The fourth-order valence-electron chi connectivity index (χ4n) is 4.79. The number of aromatic nitrogens is 5. The van der Waals surface area contributed by atoms with Gasteiger partial charge < -0.3 is 16.4 Å². The number of fused-ring (bicyclic) bond motifs is 1. The van der Waals surface area contributed by atoms with Crippen LogP contribution >= 0.6 is 23.2 Å². The number of anilines is 2. The highest BCUT2D eigenvalue weighted by molar-refractivity contribution is 6.37. The van der Waals surface area contributed by atoms with Crippen molar-refractivity contribution in [1.29, 1.82) is 0 Å². The average molecular weight is 433 g/mol. The van der Waals surface area contributed by atoms with Gasteiger partial charge in [-0.1, -0.05) is 29.6 Å². The third-order valence-corrected chi connectivity index (χ3v) is 7.12. The molecular formula is C19H22Cl2N8. The number of aromatic amines is 1. The number of H-pyrrole nitrogens is 1. The first kappa shape index (κ1) is 18.8. The normalized spacial score (nSPS) is 21.3. The molecule has 2 fully saturated rings. The molecule has 1 saturated carbocycles. The van der Waals surface area contributed by atoms with Gasteiger partial charge in [-0.2, -0.15) is 5.10 Å². The number of nitrogens with two attached hydrogens (primary N) is 2. The number of pyridine rings is 1. The molecule has 8 nitrogen and oxygen atoms in total. The Hall–Kier alpha value is -2.16. The van der Waals surface area contributed by atoms with E-state index >= 15 is 0 Å². The number of hydrogen-bond donors (Lipinski definition) is 3. The molecule has 1 saturated heterocycles. The van der Waals surface area contributed by atoms with E-state index in [0.29, 0.717) is 38.9 Å². The van der Waals surface area contributed by atoms with E-state index in [2.05, 4.69) is 25.1 Å². The fourth-order valence-corrected chi connectivity index (χ4v) is 5.18. The smallest absolute Gasteiger partial charge is 0.202 e. The molecule has 5 rings (SSSR count). The minimum absolute atomic E-state index is 0.161. The first-order valence-corrected chi connectivity index (χ1v) is 10.6. The SMILES string of the molecule is Nc1nc(Cl)cc(-c2[nH]nc3nc(N4CCC5(CCC[C@H]5N)CC4)cnc23)c1Cl. The third kappa shape index (κ3) is 3.10. The molecule has 152 valence electrons. The van der Waals surface area contributed by atoms with E-state index in [9.17, 15) is 0 Å². The quantitative estimate of drug-likeness (QED) is 0.530. The molecule has 0 aromatic carbocycles. The molecule has 0 unspecified atom stereocenters. The van der Waals surface area contributed by atoms with E-state index in [4.69, 9.17) is 39.7 Å². The lowest BCUT2D eigenvalue weighted by Gasteiger charge is -2.42. The van der Waals surface area contributed by atoms with Gasteiger partial charge in [0.1, 0.15) is 22.3 Å². The lowest BCUT2D eigenvalue weighted by atomic mass is 9.74. The molecule has 29 heavy (non-hydrogen) atoms. The predicted molar refractivity (Wildman–Crippen MR) is 115 cm³/mol. The number of nitrogens with one attached hydrogen (secondary N) is 1. The summed E-state index contributed by atoms with van der Waals surface area (Å²) in [5, 5.41) is 7.85. The number of halogens is 2. The number of nitrogen functional groups attached to an aromatic ring is 1. The van der Waals surface area contributed by atoms with Crippen LogP contribution in [0, 0.1) is 5.41 Å². The molecule has 5 N–H and O–H groups in total. The van der Waals surface area contributed by atoms with E-state index in [1.807, 2.05) is 0 Å². The molecule has 0 amide bonds. The molecule has 4 heterocycles. The molecule has 1 spiro atoms. The van der Waals surface area contributed by atoms with E-state index in [1.165, 1.54) is 12.8 Å². The van der Waals surface area contributed by atoms with E-state index < -0.39 is 0 Å². The van der Waals surface area contributed by atoms with Crippen molar-refractivity contribution < 1.29 is 0 Å². The summed E-state index contributed by atoms with van der Waals surface area (Å²) in [5.74, 6) is 0.990. The van der Waals surface area contributed by atoms with Crippen LogP contribution in [0.5, 0.6) is 0 Å². The Morgan fingerprint density at radius 1 is 1.17 bits per heavy atom. The summed E-state index contributed by atoms with van der Waals surface area (Å²) in [6.45, 7) is 1.88. The minimum Gasteiger partial charge on any atom is -0.382 e. The van der Waals surface area contributed by atoms with E-state index in [1.54, 1.807) is 12.3 Å². The van der Waals surface area contributed by atoms with Crippen LogP contribution in [0.25, 0.3) is 22.4 Å². The Bertz CT molecular complexity index is 1070. The van der Waals surface area contributed by atoms with Gasteiger partial charge in [0.05, 0.1) is 16.9 Å². The van der Waals surface area contributed by atoms with Gasteiger partial charge in [0.25, 0.3) is 0 Å². The zero-order chi connectivity index (χ0) is 20.2. The Kier molecular flexibility index (Phi) is 4.53. The van der Waals surface area contributed by atoms with Crippen molar-refractivity contribution in [2.24, 2.45) is 11.1 Å². The number of piperidine rings is 1. The van der Waals surface area contributed by atoms with Crippen LogP contribution in [0.2, 0.25) is 10.2 Å². The van der Waals surface area contributed by atoms with E-state index in [-0.39, 0.29) is 11.0 Å². The first-order chi connectivity index (χ1) is 14.0. The summed E-state index contributed by atoms with van der Waals surface area (Å²) in [6, 6.07) is 1.97. The monoisotopic (exact) mass is 432 g/mol. The summed E-state index contributed by atoms with van der Waals surface area (Å²) in [6.07, 6.45) is 7.62. The van der Waals surface area contributed by atoms with Gasteiger partial charge in [-0.3, -0.25) is 5.10 Å². The van der Waals surface area contributed by atoms with Crippen molar-refractivity contribution in [2.75, 3.05) is 23.7 Å². The molecule has 2 aliphatic rings. The number of rotatable bonds is 2. The standard InChI is InChI=1S/C19H22Cl2N8/c20-12-8-10(14(21)17(23)25-12)15-16-18(28-27-15)26-13(9-24-16)29-6-4-19(5-7-29)3-1-2-11(19)22/h8-9,11H,1-7,22H2,(H2,23,25)(H,26,27,28)/t11-/m1/s1. The van der Waals surface area contributed by atoms with Gasteiger partial charge in [0.15, 0.2) is 0 Å². The van der Waals surface area contributed by atoms with Crippen molar-refractivity contribution in [3.8, 4) is 11.3 Å². The third-order valence-electron chi connectivity index (χ3n) is 6.53. The van der Waals surface area contributed by atoms with Gasteiger partial charge in [-0.05, 0) is 37.2 Å². The van der Waals surface area contributed by atoms with Crippen molar-refractivity contribution in [2.45, 2.75) is 38.1 Å². The largest absolute Gasteiger partial charge is 0.382 e. The van der Waals surface area contributed by atoms with Crippen LogP contribution in [0.4, 0.5) is 11.6 Å². The molecule has 1 aliphatic carbocycles. The highest BCUT2D eigenvalue weighted by Crippen LogP contribution is 2.46. The zero-order valence-corrected chi connectivity index (χ0v) is 17.3. The maximum atomic E-state index is 6.40. The topological polar surface area (TPSA) is 123 Å². The van der Waals surface area contributed by atoms with Gasteiger partial charge >= 0.3 is 0 Å². The molecule has 0 radical (unpaired) electrons. The maximum absolute atomic E-state index is 6.40. The second kappa shape index (κ2) is 6.97. The predicted octanol–water partition coefficient (Wildman–Crippen LogP) is 3.40.